The second-order valence-electron chi connectivity index (χ2n) is 15.3. The van der Waals surface area contributed by atoms with Gasteiger partial charge < -0.3 is 9.47 Å². The number of aryl methyl sites for hydroxylation is 4. The van der Waals surface area contributed by atoms with E-state index in [4.69, 9.17) is 9.47 Å². The smallest absolute Gasteiger partial charge is 0.244 e. The monoisotopic (exact) mass is 638 g/mol. The summed E-state index contributed by atoms with van der Waals surface area (Å²) in [5.41, 5.74) is 24.6. The maximum Gasteiger partial charge on any atom is 0.244 e. The van der Waals surface area contributed by atoms with Gasteiger partial charge in [0.1, 0.15) is 11.5 Å². The Morgan fingerprint density at radius 3 is 1.42 bits per heavy atom. The van der Waals surface area contributed by atoms with E-state index in [9.17, 15) is 0 Å². The van der Waals surface area contributed by atoms with E-state index < -0.39 is 0 Å². The maximum atomic E-state index is 5.99. The Hall–Kier alpha value is -5.47. The van der Waals surface area contributed by atoms with Gasteiger partial charge in [-0.3, -0.25) is 0 Å². The Morgan fingerprint density at radius 2 is 0.840 bits per heavy atom. The number of benzene rings is 8. The van der Waals surface area contributed by atoms with Crippen molar-refractivity contribution in [1.29, 1.82) is 0 Å². The van der Waals surface area contributed by atoms with Crippen LogP contribution in [0.1, 0.15) is 22.3 Å². The number of hydrogen-bond donors (Lipinski definition) is 0. The van der Waals surface area contributed by atoms with Crippen LogP contribution >= 0.6 is 0 Å². The molecule has 0 radical (unpaired) electrons. The molecule has 0 saturated carbocycles. The first-order valence-corrected chi connectivity index (χ1v) is 17.8. The maximum absolute atomic E-state index is 5.99. The van der Waals surface area contributed by atoms with Gasteiger partial charge in [0.2, 0.25) is 13.4 Å². The number of methoxy groups -OCH3 is 2. The van der Waals surface area contributed by atoms with Crippen molar-refractivity contribution in [3.8, 4) is 56.0 Å². The summed E-state index contributed by atoms with van der Waals surface area (Å²) in [6.07, 6.45) is 0. The van der Waals surface area contributed by atoms with Gasteiger partial charge >= 0.3 is 0 Å². The topological polar surface area (TPSA) is 18.5 Å². The van der Waals surface area contributed by atoms with Crippen LogP contribution in [0.5, 0.6) is 11.5 Å². The Balaban J connectivity index is 1.28. The minimum absolute atomic E-state index is 0.187. The van der Waals surface area contributed by atoms with Gasteiger partial charge in [-0.1, -0.05) is 99.0 Å². The molecule has 0 unspecified atom stereocenters. The molecular formula is C46H32B2O2. The lowest BCUT2D eigenvalue weighted by molar-refractivity contribution is 0.415. The summed E-state index contributed by atoms with van der Waals surface area (Å²) in [5, 5.41) is 8.47. The third kappa shape index (κ3) is 2.99. The molecule has 4 heterocycles. The fourth-order valence-electron chi connectivity index (χ4n) is 10.8. The average Bonchev–Trinajstić information content (AvgIpc) is 3.62. The van der Waals surface area contributed by atoms with Crippen LogP contribution in [0.15, 0.2) is 84.9 Å². The molecule has 8 aromatic rings. The molecule has 0 N–H and O–H groups in total. The van der Waals surface area contributed by atoms with E-state index in [1.807, 2.05) is 0 Å². The molecule has 4 aliphatic rings. The number of fused-ring (bicyclic) bond motifs is 10. The van der Waals surface area contributed by atoms with Gasteiger partial charge in [0.15, 0.2) is 0 Å². The average molecular weight is 638 g/mol. The van der Waals surface area contributed by atoms with Gasteiger partial charge in [0, 0.05) is 0 Å². The van der Waals surface area contributed by atoms with E-state index in [0.29, 0.717) is 0 Å². The van der Waals surface area contributed by atoms with Gasteiger partial charge in [0.25, 0.3) is 0 Å². The fourth-order valence-corrected chi connectivity index (χ4v) is 10.8. The van der Waals surface area contributed by atoms with Crippen molar-refractivity contribution in [1.82, 2.24) is 0 Å². The zero-order chi connectivity index (χ0) is 33.5. The summed E-state index contributed by atoms with van der Waals surface area (Å²) < 4.78 is 11.7. The highest BCUT2D eigenvalue weighted by atomic mass is 16.5. The van der Waals surface area contributed by atoms with E-state index in [1.54, 1.807) is 14.2 Å². The highest BCUT2D eigenvalue weighted by Crippen LogP contribution is 2.48. The summed E-state index contributed by atoms with van der Waals surface area (Å²) in [4.78, 5) is 0. The van der Waals surface area contributed by atoms with Crippen LogP contribution in [0.25, 0.3) is 76.8 Å². The molecule has 234 valence electrons. The first-order chi connectivity index (χ1) is 24.3. The normalized spacial score (nSPS) is 13.7. The molecule has 2 nitrogen and oxygen atoms in total. The number of ether oxygens (including phenoxy) is 2. The Morgan fingerprint density at radius 1 is 0.380 bits per heavy atom. The molecule has 0 aliphatic carbocycles. The van der Waals surface area contributed by atoms with E-state index >= 15 is 0 Å². The van der Waals surface area contributed by atoms with Crippen LogP contribution in [0.3, 0.4) is 0 Å². The fraction of sp³-hybridized carbons (Fsp3) is 0.130. The van der Waals surface area contributed by atoms with Gasteiger partial charge in [-0.2, -0.15) is 0 Å². The molecule has 4 heteroatoms. The van der Waals surface area contributed by atoms with E-state index in [2.05, 4.69) is 113 Å². The van der Waals surface area contributed by atoms with Crippen LogP contribution in [0.2, 0.25) is 0 Å². The molecule has 4 aliphatic heterocycles. The van der Waals surface area contributed by atoms with Crippen molar-refractivity contribution in [2.45, 2.75) is 27.7 Å². The van der Waals surface area contributed by atoms with E-state index in [1.165, 1.54) is 132 Å². The molecule has 0 spiro atoms. The van der Waals surface area contributed by atoms with Crippen molar-refractivity contribution in [2.75, 3.05) is 14.2 Å². The highest BCUT2D eigenvalue weighted by molar-refractivity contribution is 7.03. The SMILES string of the molecule is COc1ccc2c(c1)-c1cc(C)cc3c1B2c1cc2c(C)cc4c5c(cc6c(C)cc-3c1c6c25)B1c2ccc(C)cc2-c2cc(OC)cc-4c21. The first kappa shape index (κ1) is 27.4. The second-order valence-corrected chi connectivity index (χ2v) is 15.3. The molecular weight excluding hydrogens is 606 g/mol. The zero-order valence-corrected chi connectivity index (χ0v) is 29.1. The lowest BCUT2D eigenvalue weighted by Crippen LogP contribution is -2.53. The van der Waals surface area contributed by atoms with Crippen LogP contribution < -0.4 is 42.3 Å². The van der Waals surface area contributed by atoms with Crippen LogP contribution in [-0.2, 0) is 0 Å². The lowest BCUT2D eigenvalue weighted by atomic mass is 9.34. The predicted octanol–water partition coefficient (Wildman–Crippen LogP) is 6.79. The van der Waals surface area contributed by atoms with Gasteiger partial charge in [-0.25, -0.2) is 0 Å². The van der Waals surface area contributed by atoms with Crippen molar-refractivity contribution < 1.29 is 9.47 Å². The lowest BCUT2D eigenvalue weighted by Gasteiger charge is -2.32. The minimum atomic E-state index is 0.187. The summed E-state index contributed by atoms with van der Waals surface area (Å²) >= 11 is 0. The van der Waals surface area contributed by atoms with Crippen molar-refractivity contribution >= 4 is 78.5 Å². The first-order valence-electron chi connectivity index (χ1n) is 17.8. The summed E-state index contributed by atoms with van der Waals surface area (Å²) in [6.45, 7) is 9.49. The molecule has 12 rings (SSSR count). The van der Waals surface area contributed by atoms with Gasteiger partial charge in [0.05, 0.1) is 14.2 Å². The molecule has 8 aromatic carbocycles. The van der Waals surface area contributed by atoms with Crippen LogP contribution in [-0.4, -0.2) is 27.6 Å². The van der Waals surface area contributed by atoms with E-state index in [-0.39, 0.29) is 13.4 Å². The molecule has 50 heavy (non-hydrogen) atoms. The molecule has 0 amide bonds. The zero-order valence-electron chi connectivity index (χ0n) is 29.1. The standard InChI is InChI=1S/C46H32B2O2/c1-21-7-9-37-29(11-21)35-17-26(50-6)18-36-32-15-24(4)28-19-39-41-31(14-23(3)27-20-40(47(37)46(35)36)42(32)44(28)43(27)41)34-13-22(2)12-33-30-16-25(49-5)8-10-38(30)48(39)45(33)34/h7-20H,1-6H3. The third-order valence-electron chi connectivity index (χ3n) is 12.7. The minimum Gasteiger partial charge on any atom is -0.497 e. The summed E-state index contributed by atoms with van der Waals surface area (Å²) in [7, 11) is 3.57. The van der Waals surface area contributed by atoms with Crippen molar-refractivity contribution in [3.05, 3.63) is 107 Å². The van der Waals surface area contributed by atoms with Crippen molar-refractivity contribution in [2.24, 2.45) is 0 Å². The van der Waals surface area contributed by atoms with Gasteiger partial charge in [-0.15, -0.1) is 0 Å². The van der Waals surface area contributed by atoms with Crippen LogP contribution in [0.4, 0.5) is 0 Å². The molecule has 0 bridgehead atoms. The molecule has 0 saturated heterocycles. The Kier molecular flexibility index (Phi) is 4.82. The molecule has 0 aromatic heterocycles. The van der Waals surface area contributed by atoms with E-state index in [0.717, 1.165) is 11.5 Å². The second kappa shape index (κ2) is 8.81. The van der Waals surface area contributed by atoms with Gasteiger partial charge in [-0.05, 0) is 145 Å². The Labute approximate surface area is 292 Å². The molecule has 0 atom stereocenters. The highest BCUT2D eigenvalue weighted by Gasteiger charge is 2.44. The number of hydrogen-bond acceptors (Lipinski definition) is 2. The van der Waals surface area contributed by atoms with Crippen molar-refractivity contribution in [3.63, 3.8) is 0 Å². The third-order valence-corrected chi connectivity index (χ3v) is 12.7. The Bertz CT molecular complexity index is 2950. The quantitative estimate of drug-likeness (QED) is 0.154. The van der Waals surface area contributed by atoms with Crippen LogP contribution in [0, 0.1) is 27.7 Å². The molecule has 0 fully saturated rings. The number of rotatable bonds is 2. The largest absolute Gasteiger partial charge is 0.497 e. The summed E-state index contributed by atoms with van der Waals surface area (Å²) in [6, 6.07) is 33.3. The summed E-state index contributed by atoms with van der Waals surface area (Å²) in [5.74, 6) is 1.84. The predicted molar refractivity (Wildman–Crippen MR) is 213 cm³/mol.